The zero-order valence-corrected chi connectivity index (χ0v) is 20.3. The van der Waals surface area contributed by atoms with Crippen molar-refractivity contribution in [3.05, 3.63) is 70.1 Å². The van der Waals surface area contributed by atoms with E-state index in [1.54, 1.807) is 0 Å². The molecule has 4 heteroatoms. The van der Waals surface area contributed by atoms with Gasteiger partial charge in [0, 0.05) is 12.0 Å². The van der Waals surface area contributed by atoms with Crippen molar-refractivity contribution in [3.63, 3.8) is 0 Å². The lowest BCUT2D eigenvalue weighted by Crippen LogP contribution is -2.67. The summed E-state index contributed by atoms with van der Waals surface area (Å²) in [5, 5.41) is 2.64. The van der Waals surface area contributed by atoms with Gasteiger partial charge in [0.1, 0.15) is 0 Å². The molecule has 2 aromatic carbocycles. The van der Waals surface area contributed by atoms with E-state index < -0.39 is 8.32 Å². The third kappa shape index (κ3) is 4.77. The topological polar surface area (TPSA) is 9.23 Å². The maximum atomic E-state index is 7.09. The minimum Gasteiger partial charge on any atom is -0.404 e. The average Bonchev–Trinajstić information content (AvgIpc) is 2.59. The van der Waals surface area contributed by atoms with Crippen molar-refractivity contribution in [1.82, 2.24) is 0 Å². The van der Waals surface area contributed by atoms with Crippen LogP contribution in [0.2, 0.25) is 5.04 Å². The van der Waals surface area contributed by atoms with Crippen LogP contribution in [-0.2, 0) is 4.43 Å². The van der Waals surface area contributed by atoms with E-state index in [2.05, 4.69) is 133 Å². The normalized spacial score (nSPS) is 14.6. The van der Waals surface area contributed by atoms with Crippen molar-refractivity contribution in [3.8, 4) is 0 Å². The van der Waals surface area contributed by atoms with Gasteiger partial charge >= 0.3 is 0 Å². The van der Waals surface area contributed by atoms with Crippen molar-refractivity contribution in [2.75, 3.05) is 0 Å². The first-order valence-electron chi connectivity index (χ1n) is 9.00. The summed E-state index contributed by atoms with van der Waals surface area (Å²) in [4.78, 5) is 0. The smallest absolute Gasteiger partial charge is 0.261 e. The fourth-order valence-corrected chi connectivity index (χ4v) is 9.03. The van der Waals surface area contributed by atoms with E-state index in [1.165, 1.54) is 10.4 Å². The second kappa shape index (κ2) is 9.00. The van der Waals surface area contributed by atoms with Crippen molar-refractivity contribution in [2.45, 2.75) is 45.8 Å². The van der Waals surface area contributed by atoms with Gasteiger partial charge in [0.15, 0.2) is 0 Å². The quantitative estimate of drug-likeness (QED) is 0.432. The molecule has 0 heterocycles. The summed E-state index contributed by atoms with van der Waals surface area (Å²) in [6, 6.07) is 21.6. The van der Waals surface area contributed by atoms with Crippen LogP contribution in [-0.4, -0.2) is 14.4 Å². The molecule has 26 heavy (non-hydrogen) atoms. The van der Waals surface area contributed by atoms with Crippen molar-refractivity contribution in [1.29, 1.82) is 0 Å². The molecule has 1 unspecified atom stereocenters. The van der Waals surface area contributed by atoms with Gasteiger partial charge in [0.25, 0.3) is 8.32 Å². The van der Waals surface area contributed by atoms with Crippen LogP contribution in [0, 0.1) is 5.92 Å². The molecule has 140 valence electrons. The van der Waals surface area contributed by atoms with Crippen molar-refractivity contribution < 1.29 is 4.43 Å². The molecule has 0 saturated heterocycles. The zero-order chi connectivity index (χ0) is 19.4. The van der Waals surface area contributed by atoms with Gasteiger partial charge in [-0.3, -0.25) is 0 Å². The van der Waals surface area contributed by atoms with Crippen molar-refractivity contribution in [2.24, 2.45) is 5.92 Å². The highest BCUT2D eigenvalue weighted by Crippen LogP contribution is 2.38. The van der Waals surface area contributed by atoms with Crippen LogP contribution < -0.4 is 10.4 Å². The van der Waals surface area contributed by atoms with Gasteiger partial charge in [0.2, 0.25) is 0 Å². The monoisotopic (exact) mass is 494 g/mol. The molecule has 0 aromatic heterocycles. The average molecular weight is 496 g/mol. The molecule has 0 saturated carbocycles. The zero-order valence-electron chi connectivity index (χ0n) is 16.2. The van der Waals surface area contributed by atoms with Crippen LogP contribution in [0.3, 0.4) is 0 Å². The molecule has 2 atom stereocenters. The van der Waals surface area contributed by atoms with Gasteiger partial charge in [-0.2, -0.15) is 0 Å². The van der Waals surface area contributed by atoms with E-state index in [4.69, 9.17) is 4.43 Å². The number of rotatable bonds is 6. The lowest BCUT2D eigenvalue weighted by Gasteiger charge is -2.45. The van der Waals surface area contributed by atoms with E-state index in [1.807, 2.05) is 0 Å². The van der Waals surface area contributed by atoms with Crippen LogP contribution in [0.5, 0.6) is 0 Å². The van der Waals surface area contributed by atoms with E-state index in [9.17, 15) is 0 Å². The maximum Gasteiger partial charge on any atom is 0.261 e. The largest absolute Gasteiger partial charge is 0.404 e. The van der Waals surface area contributed by atoms with Crippen LogP contribution in [0.4, 0.5) is 0 Å². The first-order valence-corrected chi connectivity index (χ1v) is 12.5. The summed E-state index contributed by atoms with van der Waals surface area (Å²) in [6.45, 7) is 11.3. The predicted molar refractivity (Wildman–Crippen MR) is 123 cm³/mol. The van der Waals surface area contributed by atoms with Gasteiger partial charge < -0.3 is 4.43 Å². The molecule has 1 nitrogen and oxygen atoms in total. The van der Waals surface area contributed by atoms with Gasteiger partial charge in [-0.25, -0.2) is 0 Å². The summed E-state index contributed by atoms with van der Waals surface area (Å²) in [5.41, 5.74) is 0. The molecule has 0 aliphatic rings. The minimum absolute atomic E-state index is 0.000957. The Hall–Kier alpha value is -0.683. The lowest BCUT2D eigenvalue weighted by atomic mass is 10.1. The second-order valence-electron chi connectivity index (χ2n) is 7.80. The lowest BCUT2D eigenvalue weighted by molar-refractivity contribution is 0.170. The molecular formula is C22H28Br2OSi. The summed E-state index contributed by atoms with van der Waals surface area (Å²) in [7, 11) is -2.49. The van der Waals surface area contributed by atoms with Crippen LogP contribution in [0.1, 0.15) is 34.6 Å². The SMILES string of the molecule is CC(O[Si](c1ccccc1)(c1ccccc1)C(C)(C)C)[C@H](C)C=C(Br)Br. The molecule has 0 N–H and O–H groups in total. The summed E-state index contributed by atoms with van der Waals surface area (Å²) in [5.74, 6) is 0.283. The second-order valence-corrected chi connectivity index (χ2v) is 14.8. The van der Waals surface area contributed by atoms with Gasteiger partial charge in [-0.05, 0) is 54.2 Å². The Morgan fingerprint density at radius 3 is 1.65 bits per heavy atom. The summed E-state index contributed by atoms with van der Waals surface area (Å²) >= 11 is 6.97. The van der Waals surface area contributed by atoms with Crippen LogP contribution >= 0.6 is 31.9 Å². The molecule has 0 bridgehead atoms. The highest BCUT2D eigenvalue weighted by molar-refractivity contribution is 9.28. The Morgan fingerprint density at radius 1 is 0.885 bits per heavy atom. The Balaban J connectivity index is 2.63. The van der Waals surface area contributed by atoms with Crippen LogP contribution in [0.15, 0.2) is 70.1 Å². The molecule has 2 rings (SSSR count). The molecule has 0 aliphatic heterocycles. The fraction of sp³-hybridized carbons (Fsp3) is 0.364. The third-order valence-electron chi connectivity index (χ3n) is 4.91. The Morgan fingerprint density at radius 2 is 1.31 bits per heavy atom. The molecular weight excluding hydrogens is 468 g/mol. The first-order chi connectivity index (χ1) is 12.2. The van der Waals surface area contributed by atoms with Gasteiger partial charge in [-0.1, -0.05) is 94.4 Å². The summed E-state index contributed by atoms with van der Waals surface area (Å²) < 4.78 is 8.06. The molecule has 0 spiro atoms. The number of hydrogen-bond donors (Lipinski definition) is 0. The Bertz CT molecular complexity index is 679. The van der Waals surface area contributed by atoms with E-state index in [-0.39, 0.29) is 17.1 Å². The van der Waals surface area contributed by atoms with Gasteiger partial charge in [-0.15, -0.1) is 0 Å². The fourth-order valence-electron chi connectivity index (χ4n) is 3.41. The molecule has 0 fully saturated rings. The Labute approximate surface area is 176 Å². The predicted octanol–water partition coefficient (Wildman–Crippen LogP) is 6.22. The summed E-state index contributed by atoms with van der Waals surface area (Å²) in [6.07, 6.45) is 2.24. The van der Waals surface area contributed by atoms with E-state index >= 15 is 0 Å². The molecule has 0 aliphatic carbocycles. The van der Waals surface area contributed by atoms with E-state index in [0.717, 1.165) is 3.39 Å². The highest BCUT2D eigenvalue weighted by Gasteiger charge is 2.51. The maximum absolute atomic E-state index is 7.09. The first kappa shape index (κ1) is 21.6. The molecule has 0 radical (unpaired) electrons. The minimum atomic E-state index is -2.49. The standard InChI is InChI=1S/C22H28Br2OSi/c1-17(16-21(23)24)18(2)25-26(22(3,4)5,19-12-8-6-9-13-19)20-14-10-7-11-15-20/h6-18H,1-5H3/t17-,18?/m1/s1. The van der Waals surface area contributed by atoms with Crippen molar-refractivity contribution >= 4 is 50.6 Å². The highest BCUT2D eigenvalue weighted by atomic mass is 79.9. The third-order valence-corrected chi connectivity index (χ3v) is 10.6. The van der Waals surface area contributed by atoms with E-state index in [0.29, 0.717) is 0 Å². The van der Waals surface area contributed by atoms with Crippen LogP contribution in [0.25, 0.3) is 0 Å². The number of benzene rings is 2. The molecule has 2 aromatic rings. The molecule has 0 amide bonds. The number of hydrogen-bond acceptors (Lipinski definition) is 1. The Kier molecular flexibility index (Phi) is 7.49. The van der Waals surface area contributed by atoms with Gasteiger partial charge in [0.05, 0.1) is 3.39 Å². The number of halogens is 2.